The second kappa shape index (κ2) is 8.61. The Hall–Kier alpha value is -2.93. The van der Waals surface area contributed by atoms with E-state index in [0.29, 0.717) is 22.9 Å². The number of hydrogen-bond acceptors (Lipinski definition) is 3. The zero-order chi connectivity index (χ0) is 21.1. The summed E-state index contributed by atoms with van der Waals surface area (Å²) in [5.74, 6) is -0.945. The molecule has 1 atom stereocenters. The van der Waals surface area contributed by atoms with Gasteiger partial charge >= 0.3 is 5.69 Å². The highest BCUT2D eigenvalue weighted by molar-refractivity contribution is 6.30. The first-order valence-corrected chi connectivity index (χ1v) is 9.66. The number of hydrogen-bond donors (Lipinski definition) is 1. The molecule has 0 spiro atoms. The molecule has 0 radical (unpaired) electrons. The Morgan fingerprint density at radius 2 is 1.93 bits per heavy atom. The van der Waals surface area contributed by atoms with Crippen molar-refractivity contribution >= 4 is 28.4 Å². The van der Waals surface area contributed by atoms with Crippen LogP contribution in [-0.2, 0) is 17.9 Å². The average Bonchev–Trinajstić information content (AvgIpc) is 2.72. The summed E-state index contributed by atoms with van der Waals surface area (Å²) in [6.45, 7) is 3.57. The number of carbonyl (C=O) groups excluding carboxylic acids is 1. The van der Waals surface area contributed by atoms with E-state index in [4.69, 9.17) is 11.6 Å². The van der Waals surface area contributed by atoms with Crippen LogP contribution in [0.15, 0.2) is 52.1 Å². The maximum atomic E-state index is 13.3. The van der Waals surface area contributed by atoms with Crippen molar-refractivity contribution in [2.75, 3.05) is 0 Å². The number of fused-ring (bicyclic) bond motifs is 1. The Morgan fingerprint density at radius 3 is 2.62 bits per heavy atom. The second-order valence-corrected chi connectivity index (χ2v) is 7.25. The van der Waals surface area contributed by atoms with E-state index in [1.807, 2.05) is 6.92 Å². The van der Waals surface area contributed by atoms with Crippen LogP contribution in [0.3, 0.4) is 0 Å². The van der Waals surface area contributed by atoms with Crippen molar-refractivity contribution in [2.24, 2.45) is 0 Å². The van der Waals surface area contributed by atoms with Gasteiger partial charge in [0.15, 0.2) is 0 Å². The molecule has 2 aromatic carbocycles. The number of carbonyl (C=O) groups is 1. The molecule has 3 rings (SSSR count). The number of nitrogens with one attached hydrogen (secondary N) is 1. The lowest BCUT2D eigenvalue weighted by molar-refractivity contribution is -0.121. The monoisotopic (exact) mass is 417 g/mol. The van der Waals surface area contributed by atoms with Gasteiger partial charge in [0, 0.05) is 12.6 Å². The summed E-state index contributed by atoms with van der Waals surface area (Å²) >= 11 is 5.76. The van der Waals surface area contributed by atoms with Gasteiger partial charge in [-0.2, -0.15) is 0 Å². The van der Waals surface area contributed by atoms with Crippen LogP contribution in [0.25, 0.3) is 10.9 Å². The summed E-state index contributed by atoms with van der Waals surface area (Å²) < 4.78 is 15.7. The molecule has 1 aromatic heterocycles. The molecule has 0 aliphatic heterocycles. The molecule has 8 heteroatoms. The summed E-state index contributed by atoms with van der Waals surface area (Å²) in [5, 5.41) is 3.05. The quantitative estimate of drug-likeness (QED) is 0.669. The lowest BCUT2D eigenvalue weighted by atomic mass is 10.2. The number of rotatable bonds is 6. The van der Waals surface area contributed by atoms with Gasteiger partial charge in [-0.15, -0.1) is 0 Å². The lowest BCUT2D eigenvalue weighted by Gasteiger charge is -2.17. The minimum atomic E-state index is -0.535. The molecule has 0 aliphatic carbocycles. The topological polar surface area (TPSA) is 73.1 Å². The zero-order valence-electron chi connectivity index (χ0n) is 16.1. The van der Waals surface area contributed by atoms with E-state index in [1.54, 1.807) is 31.2 Å². The summed E-state index contributed by atoms with van der Waals surface area (Å²) in [7, 11) is 0. The Kier molecular flexibility index (Phi) is 6.17. The average molecular weight is 418 g/mol. The molecule has 0 saturated carbocycles. The van der Waals surface area contributed by atoms with Crippen LogP contribution < -0.4 is 16.6 Å². The molecule has 0 saturated heterocycles. The molecule has 152 valence electrons. The van der Waals surface area contributed by atoms with Crippen molar-refractivity contribution < 1.29 is 9.18 Å². The Labute approximate surface area is 171 Å². The molecule has 0 fully saturated rings. The van der Waals surface area contributed by atoms with Crippen LogP contribution in [0.5, 0.6) is 0 Å². The normalized spacial score (nSPS) is 12.1. The first kappa shape index (κ1) is 20.8. The van der Waals surface area contributed by atoms with E-state index in [0.717, 1.165) is 0 Å². The van der Waals surface area contributed by atoms with Gasteiger partial charge in [-0.05, 0) is 43.2 Å². The number of aromatic nitrogens is 2. The fourth-order valence-electron chi connectivity index (χ4n) is 3.11. The van der Waals surface area contributed by atoms with Crippen LogP contribution in [0.4, 0.5) is 4.39 Å². The van der Waals surface area contributed by atoms with E-state index in [1.165, 1.54) is 27.3 Å². The predicted octanol–water partition coefficient (Wildman–Crippen LogP) is 3.24. The second-order valence-electron chi connectivity index (χ2n) is 6.84. The number of amides is 1. The molecule has 0 aliphatic rings. The molecular weight excluding hydrogens is 397 g/mol. The molecule has 3 aromatic rings. The molecule has 0 bridgehead atoms. The fourth-order valence-corrected chi connectivity index (χ4v) is 3.32. The fraction of sp³-hybridized carbons (Fsp3) is 0.286. The number of halogens is 2. The first-order valence-electron chi connectivity index (χ1n) is 9.28. The minimum Gasteiger partial charge on any atom is -0.350 e. The van der Waals surface area contributed by atoms with Gasteiger partial charge in [-0.1, -0.05) is 36.7 Å². The molecular formula is C21H21ClFN3O3. The van der Waals surface area contributed by atoms with E-state index < -0.39 is 17.4 Å². The summed E-state index contributed by atoms with van der Waals surface area (Å²) in [5.41, 5.74) is 0.147. The van der Waals surface area contributed by atoms with Crippen molar-refractivity contribution in [2.45, 2.75) is 39.4 Å². The van der Waals surface area contributed by atoms with Gasteiger partial charge in [0.2, 0.25) is 5.91 Å². The SMILES string of the molecule is CC[C@@H](C)n1c(=O)c2ccccc2n(CC(=O)NCc2ccc(F)c(Cl)c2)c1=O. The third-order valence-corrected chi connectivity index (χ3v) is 5.18. The van der Waals surface area contributed by atoms with Gasteiger partial charge in [-0.3, -0.25) is 18.7 Å². The van der Waals surface area contributed by atoms with Crippen LogP contribution >= 0.6 is 11.6 Å². The number of para-hydroxylation sites is 1. The van der Waals surface area contributed by atoms with Gasteiger partial charge in [-0.25, -0.2) is 9.18 Å². The third kappa shape index (κ3) is 4.24. The van der Waals surface area contributed by atoms with Gasteiger partial charge in [0.1, 0.15) is 12.4 Å². The standard InChI is InChI=1S/C21H21ClFN3O3/c1-3-13(2)26-20(28)15-6-4-5-7-18(15)25(21(26)29)12-19(27)24-11-14-8-9-17(23)16(22)10-14/h4-10,13H,3,11-12H2,1-2H3,(H,24,27)/t13-/m1/s1. The van der Waals surface area contributed by atoms with Crippen molar-refractivity contribution in [3.8, 4) is 0 Å². The molecule has 6 nitrogen and oxygen atoms in total. The molecule has 0 unspecified atom stereocenters. The zero-order valence-corrected chi connectivity index (χ0v) is 16.9. The highest BCUT2D eigenvalue weighted by Gasteiger charge is 2.17. The lowest BCUT2D eigenvalue weighted by Crippen LogP contribution is -2.43. The van der Waals surface area contributed by atoms with Crippen molar-refractivity contribution in [3.05, 3.63) is 79.7 Å². The van der Waals surface area contributed by atoms with Crippen molar-refractivity contribution in [1.29, 1.82) is 0 Å². The van der Waals surface area contributed by atoms with E-state index in [2.05, 4.69) is 5.32 Å². The Morgan fingerprint density at radius 1 is 1.21 bits per heavy atom. The smallest absolute Gasteiger partial charge is 0.332 e. The molecule has 1 amide bonds. The molecule has 1 N–H and O–H groups in total. The molecule has 29 heavy (non-hydrogen) atoms. The first-order chi connectivity index (χ1) is 13.8. The number of nitrogens with zero attached hydrogens (tertiary/aromatic N) is 2. The molecule has 1 heterocycles. The van der Waals surface area contributed by atoms with Crippen LogP contribution in [-0.4, -0.2) is 15.0 Å². The van der Waals surface area contributed by atoms with Gasteiger partial charge < -0.3 is 5.32 Å². The highest BCUT2D eigenvalue weighted by Crippen LogP contribution is 2.16. The Bertz CT molecular complexity index is 1190. The van der Waals surface area contributed by atoms with E-state index in [-0.39, 0.29) is 29.7 Å². The summed E-state index contributed by atoms with van der Waals surface area (Å²) in [4.78, 5) is 38.3. The highest BCUT2D eigenvalue weighted by atomic mass is 35.5. The third-order valence-electron chi connectivity index (χ3n) is 4.89. The van der Waals surface area contributed by atoms with Crippen molar-refractivity contribution in [1.82, 2.24) is 14.5 Å². The Balaban J connectivity index is 1.92. The maximum Gasteiger partial charge on any atom is 0.332 e. The summed E-state index contributed by atoms with van der Waals surface area (Å²) in [6.07, 6.45) is 0.602. The van der Waals surface area contributed by atoms with Crippen LogP contribution in [0.1, 0.15) is 31.9 Å². The minimum absolute atomic E-state index is 0.0282. The largest absolute Gasteiger partial charge is 0.350 e. The van der Waals surface area contributed by atoms with E-state index >= 15 is 0 Å². The predicted molar refractivity (Wildman–Crippen MR) is 111 cm³/mol. The van der Waals surface area contributed by atoms with Crippen molar-refractivity contribution in [3.63, 3.8) is 0 Å². The van der Waals surface area contributed by atoms with Crippen LogP contribution in [0.2, 0.25) is 5.02 Å². The number of benzene rings is 2. The maximum absolute atomic E-state index is 13.3. The van der Waals surface area contributed by atoms with Crippen LogP contribution in [0, 0.1) is 5.82 Å². The van der Waals surface area contributed by atoms with Gasteiger partial charge in [0.05, 0.1) is 15.9 Å². The van der Waals surface area contributed by atoms with Gasteiger partial charge in [0.25, 0.3) is 5.56 Å². The van der Waals surface area contributed by atoms with E-state index in [9.17, 15) is 18.8 Å². The summed E-state index contributed by atoms with van der Waals surface area (Å²) in [6, 6.07) is 10.6.